The van der Waals surface area contributed by atoms with E-state index in [0.29, 0.717) is 13.1 Å². The third kappa shape index (κ3) is 2.68. The van der Waals surface area contributed by atoms with E-state index >= 15 is 0 Å². The lowest BCUT2D eigenvalue weighted by atomic mass is 9.99. The summed E-state index contributed by atoms with van der Waals surface area (Å²) in [5, 5.41) is 7.66. The van der Waals surface area contributed by atoms with Gasteiger partial charge in [-0.2, -0.15) is 9.57 Å². The number of hydrogen-bond acceptors (Lipinski definition) is 4. The van der Waals surface area contributed by atoms with Crippen LogP contribution in [0.25, 0.3) is 0 Å². The second kappa shape index (κ2) is 4.47. The van der Waals surface area contributed by atoms with Crippen molar-refractivity contribution in [3.8, 4) is 6.07 Å². The summed E-state index contributed by atoms with van der Waals surface area (Å²) in [6.45, 7) is 4.18. The number of hydrogen-bond donors (Lipinski definition) is 1. The van der Waals surface area contributed by atoms with Gasteiger partial charge in [0, 0.05) is 19.1 Å². The summed E-state index contributed by atoms with van der Waals surface area (Å²) in [6, 6.07) is 1.65. The Bertz CT molecular complexity index is 350. The zero-order chi connectivity index (χ0) is 11.6. The molecule has 1 aliphatic rings. The lowest BCUT2D eigenvalue weighted by Crippen LogP contribution is -2.50. The molecule has 1 rings (SSSR count). The minimum atomic E-state index is -3.49. The first-order valence-electron chi connectivity index (χ1n) is 5.02. The van der Waals surface area contributed by atoms with E-state index in [1.54, 1.807) is 6.07 Å². The molecule has 0 aliphatic carbocycles. The smallest absolute Gasteiger partial charge is 0.230 e. The average molecular weight is 231 g/mol. The summed E-state index contributed by atoms with van der Waals surface area (Å²) in [5.74, 6) is 0.259. The molecule has 3 unspecified atom stereocenters. The molecule has 1 heterocycles. The predicted octanol–water partition coefficient (Wildman–Crippen LogP) is -0.103. The van der Waals surface area contributed by atoms with Crippen LogP contribution in [0.15, 0.2) is 0 Å². The van der Waals surface area contributed by atoms with Crippen molar-refractivity contribution in [3.05, 3.63) is 0 Å². The van der Waals surface area contributed by atoms with Gasteiger partial charge in [0.05, 0.1) is 6.07 Å². The van der Waals surface area contributed by atoms with E-state index in [2.05, 4.69) is 0 Å². The summed E-state index contributed by atoms with van der Waals surface area (Å²) >= 11 is 0. The summed E-state index contributed by atoms with van der Waals surface area (Å²) < 4.78 is 25.1. The van der Waals surface area contributed by atoms with Crippen LogP contribution >= 0.6 is 0 Å². The summed E-state index contributed by atoms with van der Waals surface area (Å²) in [7, 11) is -3.49. The third-order valence-electron chi connectivity index (χ3n) is 2.65. The average Bonchev–Trinajstić information content (AvgIpc) is 2.15. The van der Waals surface area contributed by atoms with E-state index < -0.39 is 15.3 Å². The fraction of sp³-hybridized carbons (Fsp3) is 0.889. The minimum absolute atomic E-state index is 0.116. The highest BCUT2D eigenvalue weighted by molar-refractivity contribution is 7.89. The Morgan fingerprint density at radius 2 is 2.13 bits per heavy atom. The maximum absolute atomic E-state index is 11.9. The molecule has 15 heavy (non-hydrogen) atoms. The molecule has 0 aromatic rings. The van der Waals surface area contributed by atoms with Gasteiger partial charge in [0.2, 0.25) is 10.0 Å². The first kappa shape index (κ1) is 12.4. The third-order valence-corrected chi connectivity index (χ3v) is 4.66. The van der Waals surface area contributed by atoms with Crippen LogP contribution in [-0.2, 0) is 10.0 Å². The van der Waals surface area contributed by atoms with Gasteiger partial charge in [-0.15, -0.1) is 0 Å². The standard InChI is InChI=1S/C9H17N3O2S/c1-7-3-9(11)6-12(5-7)15(13,14)8(2)4-10/h7-9H,3,5-6,11H2,1-2H3. The van der Waals surface area contributed by atoms with Crippen LogP contribution in [0.1, 0.15) is 20.3 Å². The molecule has 6 heteroatoms. The van der Waals surface area contributed by atoms with Crippen molar-refractivity contribution in [2.24, 2.45) is 11.7 Å². The zero-order valence-electron chi connectivity index (χ0n) is 9.05. The van der Waals surface area contributed by atoms with Crippen LogP contribution < -0.4 is 5.73 Å². The van der Waals surface area contributed by atoms with Crippen LogP contribution in [-0.4, -0.2) is 37.1 Å². The fourth-order valence-electron chi connectivity index (χ4n) is 1.85. The minimum Gasteiger partial charge on any atom is -0.326 e. The Kier molecular flexibility index (Phi) is 3.71. The molecule has 1 fully saturated rings. The molecular formula is C9H17N3O2S. The SMILES string of the molecule is CC1CC(N)CN(S(=O)(=O)C(C)C#N)C1. The quantitative estimate of drug-likeness (QED) is 0.718. The molecule has 1 aliphatic heterocycles. The molecule has 2 N–H and O–H groups in total. The second-order valence-electron chi connectivity index (χ2n) is 4.23. The number of nitrogens with two attached hydrogens (primary N) is 1. The van der Waals surface area contributed by atoms with E-state index in [9.17, 15) is 8.42 Å². The van der Waals surface area contributed by atoms with Crippen molar-refractivity contribution in [1.29, 1.82) is 5.26 Å². The lowest BCUT2D eigenvalue weighted by Gasteiger charge is -2.34. The van der Waals surface area contributed by atoms with E-state index in [1.807, 2.05) is 6.92 Å². The number of piperidine rings is 1. The normalized spacial score (nSPS) is 30.8. The van der Waals surface area contributed by atoms with Crippen molar-refractivity contribution in [1.82, 2.24) is 4.31 Å². The Morgan fingerprint density at radius 3 is 2.60 bits per heavy atom. The van der Waals surface area contributed by atoms with Gasteiger partial charge < -0.3 is 5.73 Å². The van der Waals surface area contributed by atoms with Gasteiger partial charge in [0.15, 0.2) is 5.25 Å². The Hall–Kier alpha value is -0.640. The van der Waals surface area contributed by atoms with Crippen LogP contribution in [0.2, 0.25) is 0 Å². The monoisotopic (exact) mass is 231 g/mol. The number of rotatable bonds is 2. The molecular weight excluding hydrogens is 214 g/mol. The van der Waals surface area contributed by atoms with E-state index in [-0.39, 0.29) is 12.0 Å². The van der Waals surface area contributed by atoms with Crippen molar-refractivity contribution < 1.29 is 8.42 Å². The largest absolute Gasteiger partial charge is 0.326 e. The molecule has 0 aromatic heterocycles. The second-order valence-corrected chi connectivity index (χ2v) is 6.49. The topological polar surface area (TPSA) is 87.2 Å². The Labute approximate surface area is 90.9 Å². The maximum atomic E-state index is 11.9. The van der Waals surface area contributed by atoms with E-state index in [4.69, 9.17) is 11.0 Å². The van der Waals surface area contributed by atoms with Crippen LogP contribution in [0.3, 0.4) is 0 Å². The molecule has 0 spiro atoms. The molecule has 3 atom stereocenters. The van der Waals surface area contributed by atoms with Gasteiger partial charge in [-0.05, 0) is 19.3 Å². The summed E-state index contributed by atoms with van der Waals surface area (Å²) in [5.41, 5.74) is 5.76. The number of nitrogens with zero attached hydrogens (tertiary/aromatic N) is 2. The predicted molar refractivity (Wildman–Crippen MR) is 57.3 cm³/mol. The first-order valence-corrected chi connectivity index (χ1v) is 6.52. The van der Waals surface area contributed by atoms with Crippen LogP contribution in [0.4, 0.5) is 0 Å². The van der Waals surface area contributed by atoms with Crippen LogP contribution in [0, 0.1) is 17.2 Å². The van der Waals surface area contributed by atoms with Crippen molar-refractivity contribution in [3.63, 3.8) is 0 Å². The van der Waals surface area contributed by atoms with E-state index in [0.717, 1.165) is 6.42 Å². The van der Waals surface area contributed by atoms with Crippen molar-refractivity contribution in [2.45, 2.75) is 31.6 Å². The van der Waals surface area contributed by atoms with Gasteiger partial charge in [-0.3, -0.25) is 0 Å². The molecule has 86 valence electrons. The Balaban J connectivity index is 2.84. The molecule has 0 aromatic carbocycles. The molecule has 0 saturated carbocycles. The van der Waals surface area contributed by atoms with Gasteiger partial charge in [-0.1, -0.05) is 6.92 Å². The zero-order valence-corrected chi connectivity index (χ0v) is 9.87. The van der Waals surface area contributed by atoms with E-state index in [1.165, 1.54) is 11.2 Å². The lowest BCUT2D eigenvalue weighted by molar-refractivity contribution is 0.253. The molecule has 5 nitrogen and oxygen atoms in total. The fourth-order valence-corrected chi connectivity index (χ4v) is 3.29. The summed E-state index contributed by atoms with van der Waals surface area (Å²) in [4.78, 5) is 0. The molecule has 0 bridgehead atoms. The maximum Gasteiger partial charge on any atom is 0.230 e. The van der Waals surface area contributed by atoms with Crippen molar-refractivity contribution >= 4 is 10.0 Å². The van der Waals surface area contributed by atoms with Crippen LogP contribution in [0.5, 0.6) is 0 Å². The molecule has 0 radical (unpaired) electrons. The Morgan fingerprint density at radius 1 is 1.53 bits per heavy atom. The highest BCUT2D eigenvalue weighted by atomic mass is 32.2. The van der Waals surface area contributed by atoms with Gasteiger partial charge in [0.1, 0.15) is 0 Å². The van der Waals surface area contributed by atoms with Gasteiger partial charge >= 0.3 is 0 Å². The summed E-state index contributed by atoms with van der Waals surface area (Å²) in [6.07, 6.45) is 0.840. The molecule has 1 saturated heterocycles. The molecule has 0 amide bonds. The number of sulfonamides is 1. The van der Waals surface area contributed by atoms with Crippen molar-refractivity contribution in [2.75, 3.05) is 13.1 Å². The van der Waals surface area contributed by atoms with Gasteiger partial charge in [-0.25, -0.2) is 8.42 Å². The highest BCUT2D eigenvalue weighted by Crippen LogP contribution is 2.20. The highest BCUT2D eigenvalue weighted by Gasteiger charge is 2.34. The number of nitriles is 1. The van der Waals surface area contributed by atoms with Gasteiger partial charge in [0.25, 0.3) is 0 Å². The first-order chi connectivity index (χ1) is 6.87.